The number of nitrogens with one attached hydrogen (secondary N) is 1. The van der Waals surface area contributed by atoms with E-state index in [0.29, 0.717) is 17.9 Å². The molecule has 0 saturated heterocycles. The number of H-pyrrole nitrogens is 1. The molecule has 21 heavy (non-hydrogen) atoms. The lowest BCUT2D eigenvalue weighted by Crippen LogP contribution is -2.29. The van der Waals surface area contributed by atoms with Crippen molar-refractivity contribution in [3.63, 3.8) is 0 Å². The molecule has 1 aromatic heterocycles. The van der Waals surface area contributed by atoms with Gasteiger partial charge in [-0.2, -0.15) is 5.10 Å². The average molecular weight is 278 g/mol. The van der Waals surface area contributed by atoms with Crippen LogP contribution >= 0.6 is 0 Å². The highest BCUT2D eigenvalue weighted by Crippen LogP contribution is 2.30. The van der Waals surface area contributed by atoms with E-state index < -0.39 is 0 Å². The van der Waals surface area contributed by atoms with Gasteiger partial charge in [0.05, 0.1) is 5.52 Å². The number of anilines is 2. The standard InChI is InChI=1S/C16H14N4O/c17-11-5-6-13-12(9-11)15(19-18-13)16(21)20-8-7-10-3-1-2-4-14(10)20/h1-6,9H,7-8,17H2,(H,18,19). The molecule has 0 unspecified atom stereocenters. The maximum atomic E-state index is 12.8. The Morgan fingerprint density at radius 2 is 2.10 bits per heavy atom. The lowest BCUT2D eigenvalue weighted by molar-refractivity contribution is 0.0986. The van der Waals surface area contributed by atoms with Crippen molar-refractivity contribution in [2.24, 2.45) is 0 Å². The first-order valence-corrected chi connectivity index (χ1v) is 6.87. The Kier molecular flexibility index (Phi) is 2.47. The topological polar surface area (TPSA) is 75.0 Å². The monoisotopic (exact) mass is 278 g/mol. The number of nitrogen functional groups attached to an aromatic ring is 1. The second-order valence-corrected chi connectivity index (χ2v) is 5.21. The quantitative estimate of drug-likeness (QED) is 0.671. The van der Waals surface area contributed by atoms with E-state index in [0.717, 1.165) is 23.0 Å². The van der Waals surface area contributed by atoms with E-state index >= 15 is 0 Å². The van der Waals surface area contributed by atoms with Crippen LogP contribution in [0.4, 0.5) is 11.4 Å². The number of carbonyl (C=O) groups is 1. The van der Waals surface area contributed by atoms with Crippen molar-refractivity contribution >= 4 is 28.2 Å². The summed E-state index contributed by atoms with van der Waals surface area (Å²) in [6, 6.07) is 13.4. The molecular formula is C16H14N4O. The zero-order chi connectivity index (χ0) is 14.4. The summed E-state index contributed by atoms with van der Waals surface area (Å²) in [5, 5.41) is 7.84. The molecule has 1 aliphatic heterocycles. The number of benzene rings is 2. The largest absolute Gasteiger partial charge is 0.399 e. The molecule has 0 radical (unpaired) electrons. The maximum Gasteiger partial charge on any atom is 0.279 e. The van der Waals surface area contributed by atoms with Gasteiger partial charge >= 0.3 is 0 Å². The van der Waals surface area contributed by atoms with E-state index in [1.165, 1.54) is 5.56 Å². The lowest BCUT2D eigenvalue weighted by Gasteiger charge is -2.16. The summed E-state index contributed by atoms with van der Waals surface area (Å²) in [5.41, 5.74) is 9.86. The number of carbonyl (C=O) groups excluding carboxylic acids is 1. The molecular weight excluding hydrogens is 264 g/mol. The van der Waals surface area contributed by atoms with Crippen LogP contribution in [0.3, 0.4) is 0 Å². The van der Waals surface area contributed by atoms with Gasteiger partial charge in [-0.25, -0.2) is 0 Å². The summed E-state index contributed by atoms with van der Waals surface area (Å²) >= 11 is 0. The van der Waals surface area contributed by atoms with Gasteiger partial charge in [0.1, 0.15) is 0 Å². The number of fused-ring (bicyclic) bond motifs is 2. The van der Waals surface area contributed by atoms with Crippen molar-refractivity contribution < 1.29 is 4.79 Å². The van der Waals surface area contributed by atoms with Crippen molar-refractivity contribution in [3.05, 3.63) is 53.7 Å². The van der Waals surface area contributed by atoms with E-state index in [4.69, 9.17) is 5.73 Å². The molecule has 0 atom stereocenters. The van der Waals surface area contributed by atoms with Crippen LogP contribution in [0, 0.1) is 0 Å². The molecule has 3 N–H and O–H groups in total. The molecule has 2 aromatic carbocycles. The summed E-state index contributed by atoms with van der Waals surface area (Å²) in [6.45, 7) is 0.689. The molecule has 0 fully saturated rings. The molecule has 0 saturated carbocycles. The normalized spacial score (nSPS) is 13.6. The van der Waals surface area contributed by atoms with Gasteiger partial charge in [-0.15, -0.1) is 0 Å². The highest BCUT2D eigenvalue weighted by molar-refractivity contribution is 6.13. The Morgan fingerprint density at radius 3 is 3.00 bits per heavy atom. The van der Waals surface area contributed by atoms with E-state index in [9.17, 15) is 4.79 Å². The molecule has 1 aliphatic rings. The zero-order valence-electron chi connectivity index (χ0n) is 11.3. The fraction of sp³-hybridized carbons (Fsp3) is 0.125. The SMILES string of the molecule is Nc1ccc2[nH]nc(C(=O)N3CCc4ccccc43)c2c1. The number of para-hydroxylation sites is 1. The first kappa shape index (κ1) is 12.0. The van der Waals surface area contributed by atoms with Crippen LogP contribution in [0.2, 0.25) is 0 Å². The summed E-state index contributed by atoms with van der Waals surface area (Å²) in [6.07, 6.45) is 0.881. The van der Waals surface area contributed by atoms with Gasteiger partial charge in [0.15, 0.2) is 5.69 Å². The Hall–Kier alpha value is -2.82. The van der Waals surface area contributed by atoms with Gasteiger partial charge in [0.25, 0.3) is 5.91 Å². The fourth-order valence-electron chi connectivity index (χ4n) is 2.87. The highest BCUT2D eigenvalue weighted by Gasteiger charge is 2.27. The number of aromatic nitrogens is 2. The van der Waals surface area contributed by atoms with Crippen LogP contribution in [0.15, 0.2) is 42.5 Å². The third-order valence-corrected chi connectivity index (χ3v) is 3.92. The molecule has 2 heterocycles. The predicted molar refractivity (Wildman–Crippen MR) is 82.3 cm³/mol. The number of nitrogens with zero attached hydrogens (tertiary/aromatic N) is 2. The lowest BCUT2D eigenvalue weighted by atomic mass is 10.1. The number of nitrogens with two attached hydrogens (primary N) is 1. The third kappa shape index (κ3) is 1.78. The fourth-order valence-corrected chi connectivity index (χ4v) is 2.87. The highest BCUT2D eigenvalue weighted by atomic mass is 16.2. The Bertz CT molecular complexity index is 852. The minimum atomic E-state index is -0.0863. The van der Waals surface area contributed by atoms with Crippen molar-refractivity contribution in [2.75, 3.05) is 17.2 Å². The number of hydrogen-bond donors (Lipinski definition) is 2. The van der Waals surface area contributed by atoms with Crippen LogP contribution < -0.4 is 10.6 Å². The molecule has 0 bridgehead atoms. The van der Waals surface area contributed by atoms with E-state index in [1.54, 1.807) is 17.0 Å². The van der Waals surface area contributed by atoms with Gasteiger partial charge in [0.2, 0.25) is 0 Å². The third-order valence-electron chi connectivity index (χ3n) is 3.92. The van der Waals surface area contributed by atoms with Crippen LogP contribution in [0.25, 0.3) is 10.9 Å². The van der Waals surface area contributed by atoms with Crippen molar-refractivity contribution in [1.29, 1.82) is 0 Å². The smallest absolute Gasteiger partial charge is 0.279 e. The number of rotatable bonds is 1. The van der Waals surface area contributed by atoms with Crippen LogP contribution in [0.1, 0.15) is 16.1 Å². The molecule has 5 nitrogen and oxygen atoms in total. The number of hydrogen-bond acceptors (Lipinski definition) is 3. The predicted octanol–water partition coefficient (Wildman–Crippen LogP) is 2.35. The molecule has 0 aliphatic carbocycles. The second kappa shape index (κ2) is 4.34. The Morgan fingerprint density at radius 1 is 1.24 bits per heavy atom. The van der Waals surface area contributed by atoms with Gasteiger partial charge < -0.3 is 10.6 Å². The molecule has 104 valence electrons. The number of aromatic amines is 1. The van der Waals surface area contributed by atoms with Gasteiger partial charge in [-0.1, -0.05) is 18.2 Å². The van der Waals surface area contributed by atoms with Crippen LogP contribution in [-0.4, -0.2) is 22.6 Å². The molecule has 0 spiro atoms. The number of amides is 1. The van der Waals surface area contributed by atoms with Crippen molar-refractivity contribution in [2.45, 2.75) is 6.42 Å². The molecule has 4 rings (SSSR count). The summed E-state index contributed by atoms with van der Waals surface area (Å²) in [7, 11) is 0. The first-order chi connectivity index (χ1) is 10.2. The van der Waals surface area contributed by atoms with Gasteiger partial charge in [-0.05, 0) is 36.2 Å². The van der Waals surface area contributed by atoms with E-state index in [2.05, 4.69) is 16.3 Å². The Balaban J connectivity index is 1.80. The summed E-state index contributed by atoms with van der Waals surface area (Å²) in [5.74, 6) is -0.0863. The first-order valence-electron chi connectivity index (χ1n) is 6.87. The maximum absolute atomic E-state index is 12.8. The molecule has 1 amide bonds. The van der Waals surface area contributed by atoms with E-state index in [-0.39, 0.29) is 5.91 Å². The Labute approximate surface area is 121 Å². The zero-order valence-corrected chi connectivity index (χ0v) is 11.3. The summed E-state index contributed by atoms with van der Waals surface area (Å²) < 4.78 is 0. The van der Waals surface area contributed by atoms with Crippen LogP contribution in [0.5, 0.6) is 0 Å². The molecule has 5 heteroatoms. The minimum absolute atomic E-state index is 0.0863. The molecule has 3 aromatic rings. The van der Waals surface area contributed by atoms with Gasteiger partial charge in [0, 0.05) is 23.3 Å². The van der Waals surface area contributed by atoms with Crippen LogP contribution in [-0.2, 0) is 6.42 Å². The summed E-state index contributed by atoms with van der Waals surface area (Å²) in [4.78, 5) is 14.6. The van der Waals surface area contributed by atoms with Crippen molar-refractivity contribution in [3.8, 4) is 0 Å². The average Bonchev–Trinajstić information content (AvgIpc) is 3.10. The van der Waals surface area contributed by atoms with Gasteiger partial charge in [-0.3, -0.25) is 9.89 Å². The minimum Gasteiger partial charge on any atom is -0.399 e. The second-order valence-electron chi connectivity index (χ2n) is 5.21. The van der Waals surface area contributed by atoms with E-state index in [1.807, 2.05) is 24.3 Å². The van der Waals surface area contributed by atoms with Crippen molar-refractivity contribution in [1.82, 2.24) is 10.2 Å².